The van der Waals surface area contributed by atoms with Crippen molar-refractivity contribution in [1.82, 2.24) is 4.90 Å². The van der Waals surface area contributed by atoms with E-state index in [1.807, 2.05) is 50.2 Å². The molecule has 1 atom stereocenters. The smallest absolute Gasteiger partial charge is 0.334 e. The SMILES string of the molecule is CC(C)Oc1ccccc1-c1ccc(C(=O)N2CCCC2(C(=O)O)c2ccccc2Cl)cc1. The second kappa shape index (κ2) is 9.28. The molecule has 3 aromatic carbocycles. The summed E-state index contributed by atoms with van der Waals surface area (Å²) in [7, 11) is 0. The summed E-state index contributed by atoms with van der Waals surface area (Å²) in [4.78, 5) is 27.5. The van der Waals surface area contributed by atoms with Crippen LogP contribution in [0, 0.1) is 0 Å². The number of nitrogens with zero attached hydrogens (tertiary/aromatic N) is 1. The molecule has 0 saturated carbocycles. The fourth-order valence-corrected chi connectivity index (χ4v) is 4.81. The van der Waals surface area contributed by atoms with Gasteiger partial charge in [-0.3, -0.25) is 4.79 Å². The third-order valence-electron chi connectivity index (χ3n) is 5.99. The molecule has 0 bridgehead atoms. The summed E-state index contributed by atoms with van der Waals surface area (Å²) in [6.45, 7) is 4.30. The molecule has 6 heteroatoms. The van der Waals surface area contributed by atoms with Crippen LogP contribution in [0.2, 0.25) is 5.02 Å². The van der Waals surface area contributed by atoms with Crippen molar-refractivity contribution in [2.24, 2.45) is 0 Å². The number of hydrogen-bond acceptors (Lipinski definition) is 3. The number of carbonyl (C=O) groups excluding carboxylic acids is 1. The summed E-state index contributed by atoms with van der Waals surface area (Å²) < 4.78 is 5.92. The first kappa shape index (κ1) is 22.9. The average molecular weight is 464 g/mol. The van der Waals surface area contributed by atoms with Gasteiger partial charge >= 0.3 is 5.97 Å². The Morgan fingerprint density at radius 2 is 1.67 bits per heavy atom. The molecule has 0 spiro atoms. The number of carbonyl (C=O) groups is 2. The van der Waals surface area contributed by atoms with Crippen LogP contribution in [0.1, 0.15) is 42.6 Å². The Kier molecular flexibility index (Phi) is 6.43. The number of halogens is 1. The van der Waals surface area contributed by atoms with Crippen molar-refractivity contribution in [1.29, 1.82) is 0 Å². The molecule has 5 nitrogen and oxygen atoms in total. The van der Waals surface area contributed by atoms with E-state index < -0.39 is 11.5 Å². The van der Waals surface area contributed by atoms with Gasteiger partial charge in [-0.15, -0.1) is 0 Å². The molecule has 1 unspecified atom stereocenters. The van der Waals surface area contributed by atoms with Crippen molar-refractivity contribution in [2.45, 2.75) is 38.3 Å². The van der Waals surface area contributed by atoms with Gasteiger partial charge in [-0.05, 0) is 56.5 Å². The average Bonchev–Trinajstić information content (AvgIpc) is 3.25. The summed E-state index contributed by atoms with van der Waals surface area (Å²) in [6.07, 6.45) is 0.938. The van der Waals surface area contributed by atoms with Crippen LogP contribution in [0.4, 0.5) is 0 Å². The lowest BCUT2D eigenvalue weighted by atomic mass is 9.86. The maximum atomic E-state index is 13.5. The van der Waals surface area contributed by atoms with Gasteiger partial charge in [-0.1, -0.05) is 60.1 Å². The van der Waals surface area contributed by atoms with Gasteiger partial charge in [0, 0.05) is 28.3 Å². The van der Waals surface area contributed by atoms with Crippen LogP contribution < -0.4 is 4.74 Å². The first-order valence-electron chi connectivity index (χ1n) is 11.0. The lowest BCUT2D eigenvalue weighted by Crippen LogP contribution is -2.50. The van der Waals surface area contributed by atoms with Crippen LogP contribution >= 0.6 is 11.6 Å². The van der Waals surface area contributed by atoms with Crippen molar-refractivity contribution >= 4 is 23.5 Å². The molecule has 0 aromatic heterocycles. The topological polar surface area (TPSA) is 66.8 Å². The van der Waals surface area contributed by atoms with E-state index in [0.29, 0.717) is 35.5 Å². The fraction of sp³-hybridized carbons (Fsp3) is 0.259. The molecule has 33 heavy (non-hydrogen) atoms. The first-order valence-corrected chi connectivity index (χ1v) is 11.4. The molecule has 3 aromatic rings. The Morgan fingerprint density at radius 1 is 1.00 bits per heavy atom. The predicted octanol–water partition coefficient (Wildman–Crippen LogP) is 6.01. The Labute approximate surface area is 198 Å². The van der Waals surface area contributed by atoms with E-state index in [-0.39, 0.29) is 12.0 Å². The molecule has 1 saturated heterocycles. The zero-order valence-corrected chi connectivity index (χ0v) is 19.4. The second-order valence-corrected chi connectivity index (χ2v) is 8.85. The molecular weight excluding hydrogens is 438 g/mol. The van der Waals surface area contributed by atoms with E-state index in [4.69, 9.17) is 16.3 Å². The number of likely N-dealkylation sites (tertiary alicyclic amines) is 1. The van der Waals surface area contributed by atoms with Gasteiger partial charge in [0.1, 0.15) is 5.75 Å². The zero-order chi connectivity index (χ0) is 23.6. The molecule has 1 heterocycles. The summed E-state index contributed by atoms with van der Waals surface area (Å²) in [5.41, 5.74) is 1.25. The monoisotopic (exact) mass is 463 g/mol. The molecule has 1 fully saturated rings. The fourth-order valence-electron chi connectivity index (χ4n) is 4.52. The molecule has 0 aliphatic carbocycles. The minimum atomic E-state index is -1.48. The van der Waals surface area contributed by atoms with Gasteiger partial charge in [-0.2, -0.15) is 0 Å². The van der Waals surface area contributed by atoms with Crippen LogP contribution in [0.15, 0.2) is 72.8 Å². The minimum Gasteiger partial charge on any atom is -0.490 e. The van der Waals surface area contributed by atoms with Gasteiger partial charge in [-0.25, -0.2) is 4.79 Å². The van der Waals surface area contributed by atoms with Gasteiger partial charge in [0.25, 0.3) is 5.91 Å². The van der Waals surface area contributed by atoms with Crippen molar-refractivity contribution in [2.75, 3.05) is 6.54 Å². The van der Waals surface area contributed by atoms with E-state index in [9.17, 15) is 14.7 Å². The normalized spacial score (nSPS) is 17.9. The number of ether oxygens (including phenoxy) is 1. The van der Waals surface area contributed by atoms with Crippen LogP contribution in [0.3, 0.4) is 0 Å². The Bertz CT molecular complexity index is 1170. The van der Waals surface area contributed by atoms with Crippen molar-refractivity contribution in [3.05, 3.63) is 88.9 Å². The number of rotatable bonds is 6. The quantitative estimate of drug-likeness (QED) is 0.486. The lowest BCUT2D eigenvalue weighted by molar-refractivity contribution is -0.149. The third kappa shape index (κ3) is 4.21. The molecular formula is C27H26ClNO4. The molecule has 1 aliphatic heterocycles. The number of carboxylic acid groups (broad SMARTS) is 1. The number of aliphatic carboxylic acids is 1. The molecule has 1 N–H and O–H groups in total. The van der Waals surface area contributed by atoms with Gasteiger partial charge < -0.3 is 14.7 Å². The lowest BCUT2D eigenvalue weighted by Gasteiger charge is -2.35. The van der Waals surface area contributed by atoms with Gasteiger partial charge in [0.2, 0.25) is 0 Å². The highest BCUT2D eigenvalue weighted by atomic mass is 35.5. The maximum absolute atomic E-state index is 13.5. The maximum Gasteiger partial charge on any atom is 0.334 e. The minimum absolute atomic E-state index is 0.0381. The first-order chi connectivity index (χ1) is 15.8. The van der Waals surface area contributed by atoms with E-state index in [0.717, 1.165) is 16.9 Å². The van der Waals surface area contributed by atoms with E-state index in [1.54, 1.807) is 36.4 Å². The van der Waals surface area contributed by atoms with Crippen LogP contribution in [0.5, 0.6) is 5.75 Å². The van der Waals surface area contributed by atoms with E-state index >= 15 is 0 Å². The van der Waals surface area contributed by atoms with E-state index in [2.05, 4.69) is 0 Å². The standard InChI is InChI=1S/C27H26ClNO4/c1-18(2)33-24-11-6-3-8-21(24)19-12-14-20(15-13-19)25(30)29-17-7-16-27(29,26(31)32)22-9-4-5-10-23(22)28/h3-6,8-15,18H,7,16-17H2,1-2H3,(H,31,32). The Hall–Kier alpha value is -3.31. The predicted molar refractivity (Wildman–Crippen MR) is 129 cm³/mol. The largest absolute Gasteiger partial charge is 0.490 e. The van der Waals surface area contributed by atoms with Crippen molar-refractivity contribution in [3.8, 4) is 16.9 Å². The molecule has 1 amide bonds. The number of para-hydroxylation sites is 1. The highest BCUT2D eigenvalue weighted by Crippen LogP contribution is 2.43. The van der Waals surface area contributed by atoms with Gasteiger partial charge in [0.15, 0.2) is 5.54 Å². The van der Waals surface area contributed by atoms with E-state index in [1.165, 1.54) is 4.90 Å². The highest BCUT2D eigenvalue weighted by molar-refractivity contribution is 6.31. The van der Waals surface area contributed by atoms with Crippen molar-refractivity contribution < 1.29 is 19.4 Å². The third-order valence-corrected chi connectivity index (χ3v) is 6.32. The number of carboxylic acids is 1. The van der Waals surface area contributed by atoms with Crippen LogP contribution in [-0.2, 0) is 10.3 Å². The van der Waals surface area contributed by atoms with Crippen LogP contribution in [-0.4, -0.2) is 34.5 Å². The molecule has 4 rings (SSSR count). The number of benzene rings is 3. The number of hydrogen-bond donors (Lipinski definition) is 1. The summed E-state index contributed by atoms with van der Waals surface area (Å²) in [5, 5.41) is 10.6. The second-order valence-electron chi connectivity index (χ2n) is 8.45. The Balaban J connectivity index is 1.68. The van der Waals surface area contributed by atoms with Gasteiger partial charge in [0.05, 0.1) is 6.10 Å². The molecule has 170 valence electrons. The Morgan fingerprint density at radius 3 is 2.33 bits per heavy atom. The van der Waals surface area contributed by atoms with Crippen LogP contribution in [0.25, 0.3) is 11.1 Å². The highest BCUT2D eigenvalue weighted by Gasteiger charge is 2.52. The summed E-state index contributed by atoms with van der Waals surface area (Å²) >= 11 is 6.38. The molecule has 1 aliphatic rings. The summed E-state index contributed by atoms with van der Waals surface area (Å²) in [6, 6.07) is 21.8. The van der Waals surface area contributed by atoms with Crippen molar-refractivity contribution in [3.63, 3.8) is 0 Å². The summed E-state index contributed by atoms with van der Waals surface area (Å²) in [5.74, 6) is -0.624. The zero-order valence-electron chi connectivity index (χ0n) is 18.6. The molecule has 0 radical (unpaired) electrons. The number of amides is 1.